The van der Waals surface area contributed by atoms with Gasteiger partial charge in [0.2, 0.25) is 0 Å². The Bertz CT molecular complexity index is 1200. The molecular formula is C27H27F2N5O. The maximum absolute atomic E-state index is 13.5. The van der Waals surface area contributed by atoms with Gasteiger partial charge >= 0.3 is 0 Å². The van der Waals surface area contributed by atoms with E-state index < -0.39 is 11.6 Å². The van der Waals surface area contributed by atoms with Gasteiger partial charge in [-0.1, -0.05) is 18.2 Å². The van der Waals surface area contributed by atoms with Gasteiger partial charge in [-0.05, 0) is 80.1 Å². The summed E-state index contributed by atoms with van der Waals surface area (Å²) in [7, 11) is 1.50. The summed E-state index contributed by atoms with van der Waals surface area (Å²) >= 11 is 0. The first-order chi connectivity index (χ1) is 17.1. The van der Waals surface area contributed by atoms with Crippen molar-refractivity contribution < 1.29 is 13.5 Å². The van der Waals surface area contributed by atoms with E-state index >= 15 is 0 Å². The van der Waals surface area contributed by atoms with Crippen molar-refractivity contribution >= 4 is 19.1 Å². The predicted molar refractivity (Wildman–Crippen MR) is 137 cm³/mol. The maximum Gasteiger partial charge on any atom is 0.159 e. The molecule has 0 bridgehead atoms. The van der Waals surface area contributed by atoms with Crippen molar-refractivity contribution in [1.29, 1.82) is 0 Å². The van der Waals surface area contributed by atoms with Crippen LogP contribution in [0.5, 0.6) is 5.75 Å². The van der Waals surface area contributed by atoms with Crippen LogP contribution < -0.4 is 10.5 Å². The molecule has 2 aromatic carbocycles. The fourth-order valence-corrected chi connectivity index (χ4v) is 2.90. The van der Waals surface area contributed by atoms with Gasteiger partial charge in [0.1, 0.15) is 12.4 Å². The van der Waals surface area contributed by atoms with E-state index in [2.05, 4.69) is 39.1 Å². The van der Waals surface area contributed by atoms with E-state index in [9.17, 15) is 8.78 Å². The quantitative estimate of drug-likeness (QED) is 0.343. The SMILES string of the molecule is C=NCc1cccnc1.C=Nc1ccc(OCc2ccccn2)cc1-c1ccc(F)c(F)c1.CN. The van der Waals surface area contributed by atoms with Crippen molar-refractivity contribution in [2.24, 2.45) is 15.7 Å². The zero-order valence-corrected chi connectivity index (χ0v) is 19.4. The second kappa shape index (κ2) is 14.8. The van der Waals surface area contributed by atoms with Crippen LogP contribution in [0.1, 0.15) is 11.3 Å². The third kappa shape index (κ3) is 8.53. The van der Waals surface area contributed by atoms with Gasteiger partial charge in [-0.3, -0.25) is 20.0 Å². The van der Waals surface area contributed by atoms with E-state index in [4.69, 9.17) is 4.74 Å². The molecule has 0 unspecified atom stereocenters. The van der Waals surface area contributed by atoms with Gasteiger partial charge in [0.05, 0.1) is 17.9 Å². The number of aliphatic imine (C=N–C) groups is 2. The number of pyridine rings is 2. The molecule has 2 aromatic heterocycles. The standard InChI is InChI=1S/C19H14F2N2O.C7H8N2.CH5N/c1-22-19-8-6-15(24-12-14-4-2-3-9-23-14)11-16(19)13-5-7-17(20)18(21)10-13;1-8-5-7-3-2-4-9-6-7;1-2/h2-11H,1,12H2;2-4,6H,1,5H2;2H2,1H3. The number of halogens is 2. The molecule has 0 amide bonds. The lowest BCUT2D eigenvalue weighted by Gasteiger charge is -2.11. The van der Waals surface area contributed by atoms with Crippen LogP contribution >= 0.6 is 0 Å². The minimum absolute atomic E-state index is 0.304. The smallest absolute Gasteiger partial charge is 0.159 e. The van der Waals surface area contributed by atoms with Crippen LogP contribution in [0.25, 0.3) is 11.1 Å². The Morgan fingerprint density at radius 1 is 0.914 bits per heavy atom. The number of hydrogen-bond acceptors (Lipinski definition) is 6. The Hall–Kier alpha value is -4.30. The molecule has 180 valence electrons. The second-order valence-corrected chi connectivity index (χ2v) is 6.82. The van der Waals surface area contributed by atoms with E-state index in [1.165, 1.54) is 13.1 Å². The van der Waals surface area contributed by atoms with Crippen LogP contribution in [-0.4, -0.2) is 30.5 Å². The van der Waals surface area contributed by atoms with Crippen LogP contribution in [0.15, 0.2) is 95.3 Å². The number of rotatable bonds is 7. The lowest BCUT2D eigenvalue weighted by Crippen LogP contribution is -1.97. The predicted octanol–water partition coefficient (Wildman–Crippen LogP) is 5.80. The molecule has 2 heterocycles. The molecular weight excluding hydrogens is 448 g/mol. The summed E-state index contributed by atoms with van der Waals surface area (Å²) in [6.45, 7) is 7.85. The Morgan fingerprint density at radius 2 is 1.74 bits per heavy atom. The summed E-state index contributed by atoms with van der Waals surface area (Å²) in [5.74, 6) is -1.23. The van der Waals surface area contributed by atoms with Crippen molar-refractivity contribution in [1.82, 2.24) is 9.97 Å². The fraction of sp³-hybridized carbons (Fsp3) is 0.111. The molecule has 35 heavy (non-hydrogen) atoms. The molecule has 0 aliphatic carbocycles. The zero-order chi connectivity index (χ0) is 25.5. The number of nitrogens with two attached hydrogens (primary N) is 1. The summed E-state index contributed by atoms with van der Waals surface area (Å²) in [5, 5.41) is 0. The van der Waals surface area contributed by atoms with Crippen molar-refractivity contribution in [3.05, 3.63) is 108 Å². The van der Waals surface area contributed by atoms with Crippen molar-refractivity contribution in [2.45, 2.75) is 13.2 Å². The lowest BCUT2D eigenvalue weighted by atomic mass is 10.0. The molecule has 4 aromatic rings. The molecule has 0 radical (unpaired) electrons. The van der Waals surface area contributed by atoms with Gasteiger partial charge in [-0.2, -0.15) is 0 Å². The van der Waals surface area contributed by atoms with Gasteiger partial charge in [0.25, 0.3) is 0 Å². The molecule has 0 spiro atoms. The molecule has 0 fully saturated rings. The molecule has 4 rings (SSSR count). The first-order valence-corrected chi connectivity index (χ1v) is 10.6. The molecule has 0 saturated carbocycles. The molecule has 6 nitrogen and oxygen atoms in total. The fourth-order valence-electron chi connectivity index (χ4n) is 2.90. The van der Waals surface area contributed by atoms with Crippen LogP contribution in [0, 0.1) is 11.6 Å². The van der Waals surface area contributed by atoms with E-state index in [1.807, 2.05) is 30.3 Å². The first kappa shape index (κ1) is 26.9. The molecule has 0 aliphatic heterocycles. The van der Waals surface area contributed by atoms with E-state index in [-0.39, 0.29) is 0 Å². The largest absolute Gasteiger partial charge is 0.487 e. The van der Waals surface area contributed by atoms with Crippen molar-refractivity contribution in [2.75, 3.05) is 7.05 Å². The van der Waals surface area contributed by atoms with Gasteiger partial charge < -0.3 is 10.5 Å². The van der Waals surface area contributed by atoms with Crippen LogP contribution in [0.2, 0.25) is 0 Å². The molecule has 0 atom stereocenters. The lowest BCUT2D eigenvalue weighted by molar-refractivity contribution is 0.301. The monoisotopic (exact) mass is 475 g/mol. The van der Waals surface area contributed by atoms with Gasteiger partial charge in [-0.15, -0.1) is 0 Å². The number of benzene rings is 2. The molecule has 0 saturated heterocycles. The Kier molecular flexibility index (Phi) is 11.4. The number of hydrogen-bond donors (Lipinski definition) is 1. The Morgan fingerprint density at radius 3 is 2.37 bits per heavy atom. The van der Waals surface area contributed by atoms with Crippen LogP contribution in [0.4, 0.5) is 14.5 Å². The summed E-state index contributed by atoms with van der Waals surface area (Å²) in [6, 6.07) is 18.3. The highest BCUT2D eigenvalue weighted by Gasteiger charge is 2.10. The van der Waals surface area contributed by atoms with Crippen LogP contribution in [-0.2, 0) is 13.2 Å². The van der Waals surface area contributed by atoms with Gasteiger partial charge in [0.15, 0.2) is 11.6 Å². The highest BCUT2D eigenvalue weighted by atomic mass is 19.2. The van der Waals surface area contributed by atoms with Crippen molar-refractivity contribution in [3.63, 3.8) is 0 Å². The minimum Gasteiger partial charge on any atom is -0.487 e. The second-order valence-electron chi connectivity index (χ2n) is 6.82. The summed E-state index contributed by atoms with van der Waals surface area (Å²) in [6.07, 6.45) is 5.22. The highest BCUT2D eigenvalue weighted by molar-refractivity contribution is 5.78. The molecule has 2 N–H and O–H groups in total. The topological polar surface area (TPSA) is 85.8 Å². The zero-order valence-electron chi connectivity index (χ0n) is 19.4. The van der Waals surface area contributed by atoms with Crippen molar-refractivity contribution in [3.8, 4) is 16.9 Å². The van der Waals surface area contributed by atoms with E-state index in [0.717, 1.165) is 23.4 Å². The Balaban J connectivity index is 0.000000329. The first-order valence-electron chi connectivity index (χ1n) is 10.6. The number of aromatic nitrogens is 2. The average Bonchev–Trinajstić information content (AvgIpc) is 2.92. The normalized spacial score (nSPS) is 9.60. The summed E-state index contributed by atoms with van der Waals surface area (Å²) in [4.78, 5) is 15.7. The molecule has 0 aliphatic rings. The Labute approximate surface area is 203 Å². The van der Waals surface area contributed by atoms with E-state index in [1.54, 1.807) is 36.8 Å². The summed E-state index contributed by atoms with van der Waals surface area (Å²) in [5.41, 5.74) is 8.07. The average molecular weight is 476 g/mol. The molecule has 8 heteroatoms. The maximum atomic E-state index is 13.5. The third-order valence-corrected chi connectivity index (χ3v) is 4.50. The highest BCUT2D eigenvalue weighted by Crippen LogP contribution is 2.34. The minimum atomic E-state index is -0.915. The van der Waals surface area contributed by atoms with Gasteiger partial charge in [0, 0.05) is 24.2 Å². The number of nitrogens with zero attached hydrogens (tertiary/aromatic N) is 4. The van der Waals surface area contributed by atoms with Crippen LogP contribution in [0.3, 0.4) is 0 Å². The summed E-state index contributed by atoms with van der Waals surface area (Å²) < 4.78 is 32.4. The number of ether oxygens (including phenoxy) is 1. The van der Waals surface area contributed by atoms with Gasteiger partial charge in [-0.25, -0.2) is 8.78 Å². The third-order valence-electron chi connectivity index (χ3n) is 4.50. The van der Waals surface area contributed by atoms with E-state index in [0.29, 0.717) is 35.7 Å².